The van der Waals surface area contributed by atoms with Gasteiger partial charge in [0.2, 0.25) is 0 Å². The second kappa shape index (κ2) is 4.94. The van der Waals surface area contributed by atoms with Crippen LogP contribution in [0.25, 0.3) is 11.2 Å². The number of hydrogen-bond donors (Lipinski definition) is 2. The van der Waals surface area contributed by atoms with Gasteiger partial charge in [-0.05, 0) is 38.9 Å². The summed E-state index contributed by atoms with van der Waals surface area (Å²) in [5.74, 6) is 0. The van der Waals surface area contributed by atoms with Crippen LogP contribution in [0.2, 0.25) is 0 Å². The predicted molar refractivity (Wildman–Crippen MR) is 72.7 cm³/mol. The van der Waals surface area contributed by atoms with Gasteiger partial charge in [-0.3, -0.25) is 0 Å². The molecule has 0 saturated carbocycles. The van der Waals surface area contributed by atoms with Gasteiger partial charge < -0.3 is 15.2 Å². The van der Waals surface area contributed by atoms with E-state index in [1.54, 1.807) is 0 Å². The molecular weight excluding hydrogens is 226 g/mol. The fraction of sp³-hybridized carbons (Fsp3) is 0.538. The third kappa shape index (κ3) is 2.06. The Labute approximate surface area is 107 Å². The van der Waals surface area contributed by atoms with Crippen molar-refractivity contribution in [1.29, 1.82) is 0 Å². The van der Waals surface area contributed by atoms with Crippen LogP contribution in [0.3, 0.4) is 0 Å². The minimum Gasteiger partial charge on any atom is -0.380 e. The van der Waals surface area contributed by atoms with Crippen LogP contribution < -0.4 is 10.6 Å². The maximum atomic E-state index is 4.48. The molecule has 3 rings (SSSR count). The van der Waals surface area contributed by atoms with Gasteiger partial charge in [0, 0.05) is 18.8 Å². The van der Waals surface area contributed by atoms with E-state index in [0.29, 0.717) is 6.04 Å². The van der Waals surface area contributed by atoms with Gasteiger partial charge >= 0.3 is 0 Å². The number of aromatic nitrogens is 3. The molecule has 1 aliphatic heterocycles. The van der Waals surface area contributed by atoms with Crippen LogP contribution in [0.15, 0.2) is 18.6 Å². The summed E-state index contributed by atoms with van der Waals surface area (Å²) in [5, 5.41) is 6.98. The SMILES string of the molecule is CCn1cnc2c(NC3CCNCC3)ccnc21. The second-order valence-corrected chi connectivity index (χ2v) is 4.73. The van der Waals surface area contributed by atoms with Crippen molar-refractivity contribution >= 4 is 16.9 Å². The molecular formula is C13H19N5. The maximum absolute atomic E-state index is 4.48. The van der Waals surface area contributed by atoms with Crippen molar-refractivity contribution in [2.75, 3.05) is 18.4 Å². The summed E-state index contributed by atoms with van der Waals surface area (Å²) in [6.45, 7) is 5.20. The van der Waals surface area contributed by atoms with Gasteiger partial charge in [0.25, 0.3) is 0 Å². The van der Waals surface area contributed by atoms with E-state index in [1.807, 2.05) is 18.6 Å². The van der Waals surface area contributed by atoms with E-state index < -0.39 is 0 Å². The molecule has 0 aliphatic carbocycles. The molecule has 3 heterocycles. The van der Waals surface area contributed by atoms with Crippen molar-refractivity contribution in [2.24, 2.45) is 0 Å². The van der Waals surface area contributed by atoms with Gasteiger partial charge in [-0.15, -0.1) is 0 Å². The second-order valence-electron chi connectivity index (χ2n) is 4.73. The summed E-state index contributed by atoms with van der Waals surface area (Å²) in [5.41, 5.74) is 3.06. The standard InChI is InChI=1S/C13H19N5/c1-2-18-9-16-12-11(5-8-15-13(12)18)17-10-3-6-14-7-4-10/h5,8-10,14H,2-4,6-7H2,1H3,(H,15,17). The Morgan fingerprint density at radius 1 is 1.39 bits per heavy atom. The van der Waals surface area contributed by atoms with Crippen molar-refractivity contribution in [1.82, 2.24) is 19.9 Å². The first-order chi connectivity index (χ1) is 8.88. The molecule has 18 heavy (non-hydrogen) atoms. The molecule has 1 fully saturated rings. The smallest absolute Gasteiger partial charge is 0.161 e. The first kappa shape index (κ1) is 11.5. The molecule has 2 aromatic rings. The topological polar surface area (TPSA) is 54.8 Å². The zero-order valence-corrected chi connectivity index (χ0v) is 10.7. The molecule has 0 atom stereocenters. The molecule has 0 spiro atoms. The third-order valence-corrected chi connectivity index (χ3v) is 3.54. The number of nitrogens with zero attached hydrogens (tertiary/aromatic N) is 3. The third-order valence-electron chi connectivity index (χ3n) is 3.54. The van der Waals surface area contributed by atoms with Crippen LogP contribution in [0.4, 0.5) is 5.69 Å². The minimum absolute atomic E-state index is 0.545. The summed E-state index contributed by atoms with van der Waals surface area (Å²) in [4.78, 5) is 8.89. The average Bonchev–Trinajstić information content (AvgIpc) is 2.84. The first-order valence-corrected chi connectivity index (χ1v) is 6.65. The molecule has 0 aromatic carbocycles. The number of anilines is 1. The lowest BCUT2D eigenvalue weighted by Crippen LogP contribution is -2.35. The number of piperidine rings is 1. The number of imidazole rings is 1. The fourth-order valence-electron chi connectivity index (χ4n) is 2.50. The monoisotopic (exact) mass is 245 g/mol. The number of pyridine rings is 1. The molecule has 96 valence electrons. The van der Waals surface area contributed by atoms with Crippen molar-refractivity contribution in [2.45, 2.75) is 32.4 Å². The molecule has 5 heteroatoms. The van der Waals surface area contributed by atoms with Crippen molar-refractivity contribution in [3.63, 3.8) is 0 Å². The van der Waals surface area contributed by atoms with Crippen LogP contribution in [0, 0.1) is 0 Å². The van der Waals surface area contributed by atoms with Crippen molar-refractivity contribution in [3.8, 4) is 0 Å². The van der Waals surface area contributed by atoms with E-state index in [2.05, 4.69) is 32.1 Å². The van der Waals surface area contributed by atoms with Gasteiger partial charge in [-0.1, -0.05) is 0 Å². The number of hydrogen-bond acceptors (Lipinski definition) is 4. The average molecular weight is 245 g/mol. The molecule has 0 amide bonds. The summed E-state index contributed by atoms with van der Waals surface area (Å²) < 4.78 is 2.07. The first-order valence-electron chi connectivity index (χ1n) is 6.65. The Morgan fingerprint density at radius 3 is 3.00 bits per heavy atom. The van der Waals surface area contributed by atoms with Gasteiger partial charge in [0.05, 0.1) is 12.0 Å². The molecule has 0 bridgehead atoms. The summed E-state index contributed by atoms with van der Waals surface area (Å²) in [7, 11) is 0. The molecule has 2 N–H and O–H groups in total. The summed E-state index contributed by atoms with van der Waals surface area (Å²) in [6, 6.07) is 2.57. The lowest BCUT2D eigenvalue weighted by Gasteiger charge is -2.24. The van der Waals surface area contributed by atoms with E-state index >= 15 is 0 Å². The van der Waals surface area contributed by atoms with Gasteiger partial charge in [0.1, 0.15) is 5.52 Å². The van der Waals surface area contributed by atoms with Gasteiger partial charge in [0.15, 0.2) is 5.65 Å². The van der Waals surface area contributed by atoms with Gasteiger partial charge in [-0.25, -0.2) is 9.97 Å². The van der Waals surface area contributed by atoms with E-state index in [4.69, 9.17) is 0 Å². The predicted octanol–water partition coefficient (Wildman–Crippen LogP) is 1.62. The lowest BCUT2D eigenvalue weighted by atomic mass is 10.1. The molecule has 0 radical (unpaired) electrons. The largest absolute Gasteiger partial charge is 0.380 e. The normalized spacial score (nSPS) is 17.2. The number of aryl methyl sites for hydroxylation is 1. The lowest BCUT2D eigenvalue weighted by molar-refractivity contribution is 0.479. The molecule has 0 unspecified atom stereocenters. The van der Waals surface area contributed by atoms with Crippen molar-refractivity contribution in [3.05, 3.63) is 18.6 Å². The van der Waals surface area contributed by atoms with E-state index in [0.717, 1.165) is 49.3 Å². The zero-order chi connectivity index (χ0) is 12.4. The van der Waals surface area contributed by atoms with E-state index in [9.17, 15) is 0 Å². The zero-order valence-electron chi connectivity index (χ0n) is 10.7. The fourth-order valence-corrected chi connectivity index (χ4v) is 2.50. The Kier molecular flexibility index (Phi) is 3.15. The molecule has 1 aliphatic rings. The van der Waals surface area contributed by atoms with Crippen molar-refractivity contribution < 1.29 is 0 Å². The highest BCUT2D eigenvalue weighted by Crippen LogP contribution is 2.22. The Balaban J connectivity index is 1.89. The minimum atomic E-state index is 0.545. The Hall–Kier alpha value is -1.62. The van der Waals surface area contributed by atoms with Crippen LogP contribution in [-0.2, 0) is 6.54 Å². The maximum Gasteiger partial charge on any atom is 0.161 e. The number of nitrogens with one attached hydrogen (secondary N) is 2. The summed E-state index contributed by atoms with van der Waals surface area (Å²) >= 11 is 0. The summed E-state index contributed by atoms with van der Waals surface area (Å²) in [6.07, 6.45) is 6.06. The highest BCUT2D eigenvalue weighted by atomic mass is 15.1. The highest BCUT2D eigenvalue weighted by molar-refractivity contribution is 5.85. The number of fused-ring (bicyclic) bond motifs is 1. The van der Waals surface area contributed by atoms with Crippen LogP contribution in [0.1, 0.15) is 19.8 Å². The highest BCUT2D eigenvalue weighted by Gasteiger charge is 2.15. The molecule has 1 saturated heterocycles. The van der Waals surface area contributed by atoms with Crippen LogP contribution in [0.5, 0.6) is 0 Å². The van der Waals surface area contributed by atoms with E-state index in [-0.39, 0.29) is 0 Å². The molecule has 5 nitrogen and oxygen atoms in total. The van der Waals surface area contributed by atoms with Gasteiger partial charge in [-0.2, -0.15) is 0 Å². The quantitative estimate of drug-likeness (QED) is 0.862. The number of rotatable bonds is 3. The Morgan fingerprint density at radius 2 is 2.22 bits per heavy atom. The molecule has 2 aromatic heterocycles. The van der Waals surface area contributed by atoms with E-state index in [1.165, 1.54) is 0 Å². The van der Waals surface area contributed by atoms with Crippen LogP contribution >= 0.6 is 0 Å². The Bertz CT molecular complexity index is 527. The van der Waals surface area contributed by atoms with Crippen LogP contribution in [-0.4, -0.2) is 33.7 Å².